The zero-order chi connectivity index (χ0) is 30.2. The van der Waals surface area contributed by atoms with Gasteiger partial charge in [0.2, 0.25) is 0 Å². The van der Waals surface area contributed by atoms with E-state index in [1.54, 1.807) is 24.3 Å². The maximum atomic E-state index is 12.7. The van der Waals surface area contributed by atoms with E-state index >= 15 is 0 Å². The normalized spacial score (nSPS) is 16.1. The topological polar surface area (TPSA) is 124 Å². The molecule has 0 atom stereocenters. The Morgan fingerprint density at radius 3 is 1.14 bits per heavy atom. The van der Waals surface area contributed by atoms with E-state index in [9.17, 15) is 19.2 Å². The molecular weight excluding hydrogens is 544 g/mol. The molecule has 0 N–H and O–H groups in total. The standard InChI is InChI=1S/C32H40O10/c1-3-5-7-21-37-31(35)41-27-17-13-25(14-18-27)39-29(33)23-9-11-24(12-10-23)30(34)40-26-15-19-28(20-16-26)42-32(36)38-22-8-6-4-2/h13-20,23-24H,3-12,21-22H2,1-2H3. The summed E-state index contributed by atoms with van der Waals surface area (Å²) in [5, 5.41) is 0. The van der Waals surface area contributed by atoms with Gasteiger partial charge >= 0.3 is 24.2 Å². The van der Waals surface area contributed by atoms with Crippen molar-refractivity contribution in [2.24, 2.45) is 11.8 Å². The summed E-state index contributed by atoms with van der Waals surface area (Å²) < 4.78 is 31.3. The van der Waals surface area contributed by atoms with E-state index in [2.05, 4.69) is 13.8 Å². The van der Waals surface area contributed by atoms with Gasteiger partial charge in [-0.15, -0.1) is 0 Å². The zero-order valence-electron chi connectivity index (χ0n) is 24.3. The maximum Gasteiger partial charge on any atom is 0.513 e. The highest BCUT2D eigenvalue weighted by Crippen LogP contribution is 2.32. The first-order valence-electron chi connectivity index (χ1n) is 14.7. The number of unbranched alkanes of at least 4 members (excludes halogenated alkanes) is 4. The lowest BCUT2D eigenvalue weighted by atomic mass is 9.82. The van der Waals surface area contributed by atoms with E-state index in [1.165, 1.54) is 24.3 Å². The van der Waals surface area contributed by atoms with Gasteiger partial charge in [0.15, 0.2) is 0 Å². The molecule has 0 aliphatic heterocycles. The van der Waals surface area contributed by atoms with Crippen molar-refractivity contribution < 1.29 is 47.6 Å². The minimum atomic E-state index is -0.771. The van der Waals surface area contributed by atoms with Gasteiger partial charge in [0.25, 0.3) is 0 Å². The highest BCUT2D eigenvalue weighted by Gasteiger charge is 2.32. The number of carbonyl (C=O) groups excluding carboxylic acids is 4. The molecule has 1 aliphatic rings. The molecule has 0 radical (unpaired) electrons. The number of benzene rings is 2. The molecule has 1 aliphatic carbocycles. The number of hydrogen-bond acceptors (Lipinski definition) is 10. The Morgan fingerprint density at radius 2 is 0.833 bits per heavy atom. The predicted molar refractivity (Wildman–Crippen MR) is 153 cm³/mol. The lowest BCUT2D eigenvalue weighted by molar-refractivity contribution is -0.145. The molecule has 1 fully saturated rings. The summed E-state index contributed by atoms with van der Waals surface area (Å²) in [4.78, 5) is 48.8. The lowest BCUT2D eigenvalue weighted by Gasteiger charge is -2.25. The first kappa shape index (κ1) is 32.4. The number of carbonyl (C=O) groups is 4. The molecular formula is C32H40O10. The van der Waals surface area contributed by atoms with E-state index in [0.717, 1.165) is 38.5 Å². The Morgan fingerprint density at radius 1 is 0.524 bits per heavy atom. The van der Waals surface area contributed by atoms with Crippen LogP contribution in [0.15, 0.2) is 48.5 Å². The quantitative estimate of drug-likeness (QED) is 0.0959. The molecule has 0 heterocycles. The number of esters is 2. The fourth-order valence-corrected chi connectivity index (χ4v) is 4.38. The van der Waals surface area contributed by atoms with Crippen LogP contribution in [0.5, 0.6) is 23.0 Å². The molecule has 3 rings (SSSR count). The summed E-state index contributed by atoms with van der Waals surface area (Å²) in [6, 6.07) is 12.3. The van der Waals surface area contributed by atoms with Crippen LogP contribution in [0.1, 0.15) is 78.1 Å². The van der Waals surface area contributed by atoms with Gasteiger partial charge in [0, 0.05) is 0 Å². The fourth-order valence-electron chi connectivity index (χ4n) is 4.38. The minimum Gasteiger partial charge on any atom is -0.434 e. The highest BCUT2D eigenvalue weighted by molar-refractivity contribution is 5.78. The summed E-state index contributed by atoms with van der Waals surface area (Å²) >= 11 is 0. The smallest absolute Gasteiger partial charge is 0.434 e. The fraction of sp³-hybridized carbons (Fsp3) is 0.500. The molecule has 42 heavy (non-hydrogen) atoms. The third-order valence-electron chi connectivity index (χ3n) is 6.82. The molecule has 10 nitrogen and oxygen atoms in total. The van der Waals surface area contributed by atoms with Crippen LogP contribution in [-0.4, -0.2) is 37.5 Å². The summed E-state index contributed by atoms with van der Waals surface area (Å²) in [7, 11) is 0. The van der Waals surface area contributed by atoms with Crippen LogP contribution in [0.4, 0.5) is 9.59 Å². The van der Waals surface area contributed by atoms with E-state index in [4.69, 9.17) is 28.4 Å². The van der Waals surface area contributed by atoms with Gasteiger partial charge in [0.05, 0.1) is 25.0 Å². The van der Waals surface area contributed by atoms with Crippen molar-refractivity contribution in [2.45, 2.75) is 78.1 Å². The van der Waals surface area contributed by atoms with Crippen molar-refractivity contribution in [1.82, 2.24) is 0 Å². The summed E-state index contributed by atoms with van der Waals surface area (Å²) in [6.07, 6.45) is 6.02. The molecule has 0 aromatic heterocycles. The van der Waals surface area contributed by atoms with Crippen LogP contribution < -0.4 is 18.9 Å². The average Bonchev–Trinajstić information content (AvgIpc) is 2.99. The Kier molecular flexibility index (Phi) is 13.6. The molecule has 0 saturated heterocycles. The van der Waals surface area contributed by atoms with Gasteiger partial charge in [-0.25, -0.2) is 9.59 Å². The Balaban J connectivity index is 1.36. The highest BCUT2D eigenvalue weighted by atomic mass is 16.7. The maximum absolute atomic E-state index is 12.7. The second-order valence-electron chi connectivity index (χ2n) is 10.1. The van der Waals surface area contributed by atoms with Gasteiger partial charge < -0.3 is 28.4 Å². The molecule has 0 amide bonds. The predicted octanol–water partition coefficient (Wildman–Crippen LogP) is 7.42. The Hall–Kier alpha value is -4.08. The van der Waals surface area contributed by atoms with Crippen LogP contribution in [0.2, 0.25) is 0 Å². The lowest BCUT2D eigenvalue weighted by Crippen LogP contribution is -2.30. The number of rotatable bonds is 14. The third kappa shape index (κ3) is 11.4. The van der Waals surface area contributed by atoms with Crippen molar-refractivity contribution in [2.75, 3.05) is 13.2 Å². The van der Waals surface area contributed by atoms with Crippen molar-refractivity contribution in [3.05, 3.63) is 48.5 Å². The van der Waals surface area contributed by atoms with Gasteiger partial charge in [-0.2, -0.15) is 0 Å². The molecule has 228 valence electrons. The van der Waals surface area contributed by atoms with Crippen molar-refractivity contribution in [3.63, 3.8) is 0 Å². The van der Waals surface area contributed by atoms with E-state index in [-0.39, 0.29) is 35.3 Å². The number of ether oxygens (including phenoxy) is 6. The van der Waals surface area contributed by atoms with E-state index in [0.29, 0.717) is 50.4 Å². The Bertz CT molecular complexity index is 1040. The van der Waals surface area contributed by atoms with Gasteiger partial charge in [-0.1, -0.05) is 39.5 Å². The molecule has 1 saturated carbocycles. The second-order valence-corrected chi connectivity index (χ2v) is 10.1. The van der Waals surface area contributed by atoms with Crippen LogP contribution >= 0.6 is 0 Å². The first-order valence-corrected chi connectivity index (χ1v) is 14.7. The zero-order valence-corrected chi connectivity index (χ0v) is 24.3. The molecule has 2 aromatic carbocycles. The molecule has 10 heteroatoms. The van der Waals surface area contributed by atoms with Crippen LogP contribution in [0.3, 0.4) is 0 Å². The molecule has 0 spiro atoms. The Labute approximate surface area is 246 Å². The van der Waals surface area contributed by atoms with Gasteiger partial charge in [0.1, 0.15) is 23.0 Å². The number of hydrogen-bond donors (Lipinski definition) is 0. The van der Waals surface area contributed by atoms with Crippen molar-refractivity contribution >= 4 is 24.2 Å². The van der Waals surface area contributed by atoms with Crippen molar-refractivity contribution in [3.8, 4) is 23.0 Å². The first-order chi connectivity index (χ1) is 20.4. The molecule has 2 aromatic rings. The van der Waals surface area contributed by atoms with Gasteiger partial charge in [-0.05, 0) is 87.1 Å². The largest absolute Gasteiger partial charge is 0.513 e. The monoisotopic (exact) mass is 584 g/mol. The van der Waals surface area contributed by atoms with E-state index < -0.39 is 12.3 Å². The molecule has 0 unspecified atom stereocenters. The summed E-state index contributed by atoms with van der Waals surface area (Å²) in [5.74, 6) is -0.156. The second kappa shape index (κ2) is 17.7. The summed E-state index contributed by atoms with van der Waals surface area (Å²) in [5.41, 5.74) is 0. The SMILES string of the molecule is CCCCCOC(=O)Oc1ccc(OC(=O)C2CCC(C(=O)Oc3ccc(OC(=O)OCCCCC)cc3)CC2)cc1. The molecule has 0 bridgehead atoms. The van der Waals surface area contributed by atoms with Crippen LogP contribution in [0, 0.1) is 11.8 Å². The summed E-state index contributed by atoms with van der Waals surface area (Å²) in [6.45, 7) is 4.74. The minimum absolute atomic E-state index is 0.289. The third-order valence-corrected chi connectivity index (χ3v) is 6.82. The van der Waals surface area contributed by atoms with Crippen LogP contribution in [0.25, 0.3) is 0 Å². The average molecular weight is 585 g/mol. The van der Waals surface area contributed by atoms with Crippen molar-refractivity contribution in [1.29, 1.82) is 0 Å². The van der Waals surface area contributed by atoms with Gasteiger partial charge in [-0.3, -0.25) is 9.59 Å². The van der Waals surface area contributed by atoms with E-state index in [1.807, 2.05) is 0 Å². The van der Waals surface area contributed by atoms with Crippen LogP contribution in [-0.2, 0) is 19.1 Å².